The van der Waals surface area contributed by atoms with Crippen LogP contribution in [0, 0.1) is 0 Å². The van der Waals surface area contributed by atoms with E-state index in [1.807, 2.05) is 0 Å². The minimum Gasteiger partial charge on any atom is -0.381 e. The summed E-state index contributed by atoms with van der Waals surface area (Å²) in [4.78, 5) is 0. The summed E-state index contributed by atoms with van der Waals surface area (Å²) in [7, 11) is 0. The van der Waals surface area contributed by atoms with Crippen LogP contribution in [0.1, 0.15) is 30.4 Å². The van der Waals surface area contributed by atoms with Crippen LogP contribution in [0.15, 0.2) is 24.3 Å². The Bertz CT molecular complexity index is 392. The number of hydrogen-bond donors (Lipinski definition) is 1. The first-order valence-corrected chi connectivity index (χ1v) is 5.96. The van der Waals surface area contributed by atoms with E-state index in [4.69, 9.17) is 10.5 Å². The molecule has 1 heterocycles. The summed E-state index contributed by atoms with van der Waals surface area (Å²) in [6.45, 7) is 1.22. The van der Waals surface area contributed by atoms with E-state index in [0.717, 1.165) is 30.5 Å². The SMILES string of the molecule is NC1(c2ccc(C(F)(F)F)cc2)CCCOCC1. The van der Waals surface area contributed by atoms with Gasteiger partial charge >= 0.3 is 6.18 Å². The topological polar surface area (TPSA) is 35.2 Å². The normalized spacial score (nSPS) is 25.8. The third-order valence-corrected chi connectivity index (χ3v) is 3.39. The van der Waals surface area contributed by atoms with Crippen molar-refractivity contribution in [3.05, 3.63) is 35.4 Å². The molecular weight excluding hydrogens is 243 g/mol. The van der Waals surface area contributed by atoms with Crippen LogP contribution in [0.3, 0.4) is 0 Å². The Morgan fingerprint density at radius 2 is 1.72 bits per heavy atom. The van der Waals surface area contributed by atoms with E-state index in [0.29, 0.717) is 19.6 Å². The highest BCUT2D eigenvalue weighted by molar-refractivity contribution is 5.29. The second-order valence-electron chi connectivity index (χ2n) is 4.70. The van der Waals surface area contributed by atoms with E-state index in [2.05, 4.69) is 0 Å². The fourth-order valence-electron chi connectivity index (χ4n) is 2.25. The van der Waals surface area contributed by atoms with Crippen molar-refractivity contribution >= 4 is 0 Å². The molecule has 0 saturated carbocycles. The van der Waals surface area contributed by atoms with E-state index in [9.17, 15) is 13.2 Å². The highest BCUT2D eigenvalue weighted by Crippen LogP contribution is 2.33. The van der Waals surface area contributed by atoms with Gasteiger partial charge in [-0.1, -0.05) is 12.1 Å². The predicted octanol–water partition coefficient (Wildman–Crippen LogP) is 3.06. The minimum absolute atomic E-state index is 0.553. The summed E-state index contributed by atoms with van der Waals surface area (Å²) in [6.07, 6.45) is -2.10. The lowest BCUT2D eigenvalue weighted by atomic mass is 9.84. The Morgan fingerprint density at radius 1 is 1.06 bits per heavy atom. The zero-order valence-corrected chi connectivity index (χ0v) is 9.96. The molecule has 1 aromatic carbocycles. The van der Waals surface area contributed by atoms with Gasteiger partial charge in [0.1, 0.15) is 0 Å². The van der Waals surface area contributed by atoms with Crippen molar-refractivity contribution in [3.8, 4) is 0 Å². The van der Waals surface area contributed by atoms with E-state index in [1.54, 1.807) is 0 Å². The summed E-state index contributed by atoms with van der Waals surface area (Å²) in [5, 5.41) is 0. The molecule has 1 aliphatic rings. The van der Waals surface area contributed by atoms with Crippen LogP contribution in [0.25, 0.3) is 0 Å². The molecule has 0 aromatic heterocycles. The minimum atomic E-state index is -4.30. The molecule has 100 valence electrons. The molecule has 2 rings (SSSR count). The standard InChI is InChI=1S/C13H16F3NO/c14-13(15,16)11-4-2-10(3-5-11)12(17)6-1-8-18-9-7-12/h2-5H,1,6-9,17H2. The maximum absolute atomic E-state index is 12.5. The molecule has 1 fully saturated rings. The molecule has 1 saturated heterocycles. The Morgan fingerprint density at radius 3 is 2.33 bits per heavy atom. The molecular formula is C13H16F3NO. The van der Waals surface area contributed by atoms with E-state index in [1.165, 1.54) is 12.1 Å². The van der Waals surface area contributed by atoms with Crippen LogP contribution in [0.2, 0.25) is 0 Å². The molecule has 2 nitrogen and oxygen atoms in total. The third-order valence-electron chi connectivity index (χ3n) is 3.39. The molecule has 0 aliphatic carbocycles. The molecule has 1 atom stereocenters. The number of halogens is 3. The fraction of sp³-hybridized carbons (Fsp3) is 0.538. The maximum Gasteiger partial charge on any atom is 0.416 e. The summed E-state index contributed by atoms with van der Waals surface area (Å²) in [6, 6.07) is 5.15. The van der Waals surface area contributed by atoms with Gasteiger partial charge in [-0.2, -0.15) is 13.2 Å². The second-order valence-corrected chi connectivity index (χ2v) is 4.70. The first-order valence-electron chi connectivity index (χ1n) is 5.96. The van der Waals surface area contributed by atoms with Gasteiger partial charge in [0.2, 0.25) is 0 Å². The number of hydrogen-bond acceptors (Lipinski definition) is 2. The lowest BCUT2D eigenvalue weighted by Crippen LogP contribution is -2.36. The number of benzene rings is 1. The molecule has 0 amide bonds. The molecule has 0 spiro atoms. The van der Waals surface area contributed by atoms with Crippen molar-refractivity contribution in [2.75, 3.05) is 13.2 Å². The van der Waals surface area contributed by atoms with Crippen molar-refractivity contribution in [2.45, 2.75) is 31.0 Å². The Kier molecular flexibility index (Phi) is 3.64. The smallest absolute Gasteiger partial charge is 0.381 e. The zero-order chi connectivity index (χ0) is 13.2. The van der Waals surface area contributed by atoms with E-state index >= 15 is 0 Å². The summed E-state index contributed by atoms with van der Waals surface area (Å²) < 4.78 is 42.7. The van der Waals surface area contributed by atoms with Crippen molar-refractivity contribution in [1.82, 2.24) is 0 Å². The summed E-state index contributed by atoms with van der Waals surface area (Å²) in [5.74, 6) is 0. The largest absolute Gasteiger partial charge is 0.416 e. The van der Waals surface area contributed by atoms with Gasteiger partial charge in [-0.3, -0.25) is 0 Å². The van der Waals surface area contributed by atoms with E-state index < -0.39 is 17.3 Å². The quantitative estimate of drug-likeness (QED) is 0.841. The monoisotopic (exact) mass is 259 g/mol. The van der Waals surface area contributed by atoms with Crippen LogP contribution >= 0.6 is 0 Å². The van der Waals surface area contributed by atoms with Crippen LogP contribution < -0.4 is 5.73 Å². The third kappa shape index (κ3) is 2.84. The van der Waals surface area contributed by atoms with Gasteiger partial charge in [-0.15, -0.1) is 0 Å². The van der Waals surface area contributed by atoms with Gasteiger partial charge in [0.05, 0.1) is 5.56 Å². The predicted molar refractivity (Wildman–Crippen MR) is 62.0 cm³/mol. The molecule has 0 radical (unpaired) electrons. The van der Waals surface area contributed by atoms with Gasteiger partial charge in [-0.05, 0) is 37.0 Å². The number of alkyl halides is 3. The van der Waals surface area contributed by atoms with Crippen LogP contribution in [-0.4, -0.2) is 13.2 Å². The first-order chi connectivity index (χ1) is 8.42. The fourth-order valence-corrected chi connectivity index (χ4v) is 2.25. The van der Waals surface area contributed by atoms with Crippen molar-refractivity contribution in [3.63, 3.8) is 0 Å². The van der Waals surface area contributed by atoms with Crippen molar-refractivity contribution in [1.29, 1.82) is 0 Å². The maximum atomic E-state index is 12.5. The number of ether oxygens (including phenoxy) is 1. The molecule has 2 N–H and O–H groups in total. The zero-order valence-electron chi connectivity index (χ0n) is 9.96. The summed E-state index contributed by atoms with van der Waals surface area (Å²) >= 11 is 0. The molecule has 5 heteroatoms. The van der Waals surface area contributed by atoms with Crippen molar-refractivity contribution in [2.24, 2.45) is 5.73 Å². The van der Waals surface area contributed by atoms with Gasteiger partial charge in [0, 0.05) is 18.8 Å². The highest BCUT2D eigenvalue weighted by Gasteiger charge is 2.32. The van der Waals surface area contributed by atoms with Crippen molar-refractivity contribution < 1.29 is 17.9 Å². The average molecular weight is 259 g/mol. The average Bonchev–Trinajstić information content (AvgIpc) is 2.54. The molecule has 1 aliphatic heterocycles. The Balaban J connectivity index is 2.22. The number of nitrogens with two attached hydrogens (primary N) is 1. The molecule has 0 bridgehead atoms. The highest BCUT2D eigenvalue weighted by atomic mass is 19.4. The Hall–Kier alpha value is -1.07. The molecule has 18 heavy (non-hydrogen) atoms. The summed E-state index contributed by atoms with van der Waals surface area (Å²) in [5.41, 5.74) is 5.82. The lowest BCUT2D eigenvalue weighted by molar-refractivity contribution is -0.137. The van der Waals surface area contributed by atoms with Gasteiger partial charge in [0.15, 0.2) is 0 Å². The Labute approximate surface area is 104 Å². The van der Waals surface area contributed by atoms with Crippen LogP contribution in [0.4, 0.5) is 13.2 Å². The molecule has 1 unspecified atom stereocenters. The van der Waals surface area contributed by atoms with Gasteiger partial charge in [0.25, 0.3) is 0 Å². The lowest BCUT2D eigenvalue weighted by Gasteiger charge is -2.28. The number of rotatable bonds is 1. The van der Waals surface area contributed by atoms with Gasteiger partial charge < -0.3 is 10.5 Å². The van der Waals surface area contributed by atoms with Crippen LogP contribution in [0.5, 0.6) is 0 Å². The van der Waals surface area contributed by atoms with Gasteiger partial charge in [-0.25, -0.2) is 0 Å². The van der Waals surface area contributed by atoms with E-state index in [-0.39, 0.29) is 0 Å². The molecule has 1 aromatic rings. The second kappa shape index (κ2) is 4.90. The van der Waals surface area contributed by atoms with Crippen LogP contribution in [-0.2, 0) is 16.5 Å². The first kappa shape index (κ1) is 13.4.